The van der Waals surface area contributed by atoms with Crippen LogP contribution in [0, 0.1) is 23.2 Å². The fourth-order valence-electron chi connectivity index (χ4n) is 5.23. The average molecular weight is 541 g/mol. The first-order valence-electron chi connectivity index (χ1n) is 11.0. The molecule has 2 N–H and O–H groups in total. The number of halogens is 2. The van der Waals surface area contributed by atoms with Crippen LogP contribution in [0.25, 0.3) is 0 Å². The Bertz CT molecular complexity index is 987. The Morgan fingerprint density at radius 3 is 2.82 bits per heavy atom. The number of hydrogen-bond acceptors (Lipinski definition) is 5. The Kier molecular flexibility index (Phi) is 6.73. The normalized spacial score (nSPS) is 28.0. The summed E-state index contributed by atoms with van der Waals surface area (Å²) in [5.74, 6) is -0.304. The molecule has 1 aliphatic carbocycles. The van der Waals surface area contributed by atoms with Crippen LogP contribution < -0.4 is 15.4 Å². The van der Waals surface area contributed by atoms with E-state index in [0.29, 0.717) is 41.0 Å². The largest absolute Gasteiger partial charge is 0.484 e. The first-order chi connectivity index (χ1) is 15.6. The smallest absolute Gasteiger partial charge is 0.261 e. The number of ether oxygens (including phenoxy) is 1. The topological polar surface area (TPSA) is 105 Å². The van der Waals surface area contributed by atoms with Gasteiger partial charge in [-0.15, -0.1) is 0 Å². The molecule has 3 aliphatic rings. The summed E-state index contributed by atoms with van der Waals surface area (Å²) in [5.41, 5.74) is -0.0529. The number of aldehydes is 1. The maximum atomic E-state index is 13.2. The van der Waals surface area contributed by atoms with Gasteiger partial charge in [-0.25, -0.2) is 0 Å². The predicted octanol–water partition coefficient (Wildman–Crippen LogP) is 2.17. The molecule has 0 bridgehead atoms. The van der Waals surface area contributed by atoms with Crippen LogP contribution in [0.15, 0.2) is 22.7 Å². The molecule has 2 saturated heterocycles. The highest BCUT2D eigenvalue weighted by molar-refractivity contribution is 9.10. The van der Waals surface area contributed by atoms with Gasteiger partial charge in [0, 0.05) is 23.5 Å². The molecule has 8 nitrogen and oxygen atoms in total. The second-order valence-corrected chi connectivity index (χ2v) is 10.8. The molecular weight excluding hydrogens is 514 g/mol. The van der Waals surface area contributed by atoms with Gasteiger partial charge in [0.1, 0.15) is 18.1 Å². The minimum atomic E-state index is -0.771. The van der Waals surface area contributed by atoms with Crippen molar-refractivity contribution in [1.82, 2.24) is 15.5 Å². The van der Waals surface area contributed by atoms with Gasteiger partial charge in [0.25, 0.3) is 5.91 Å². The Morgan fingerprint density at radius 1 is 1.42 bits per heavy atom. The minimum Gasteiger partial charge on any atom is -0.484 e. The van der Waals surface area contributed by atoms with Crippen LogP contribution in [0.2, 0.25) is 5.02 Å². The zero-order chi connectivity index (χ0) is 23.9. The zero-order valence-corrected chi connectivity index (χ0v) is 20.8. The highest BCUT2D eigenvalue weighted by Gasteiger charge is 2.69. The van der Waals surface area contributed by atoms with Crippen LogP contribution in [0.3, 0.4) is 0 Å². The van der Waals surface area contributed by atoms with E-state index in [0.717, 1.165) is 0 Å². The second-order valence-electron chi connectivity index (χ2n) is 9.57. The minimum absolute atomic E-state index is 0.0215. The van der Waals surface area contributed by atoms with Crippen LogP contribution in [-0.4, -0.2) is 60.7 Å². The van der Waals surface area contributed by atoms with Crippen molar-refractivity contribution in [1.29, 1.82) is 0 Å². The maximum absolute atomic E-state index is 13.2. The number of amides is 3. The molecule has 5 atom stereocenters. The van der Waals surface area contributed by atoms with Crippen molar-refractivity contribution in [2.45, 2.75) is 38.8 Å². The van der Waals surface area contributed by atoms with Crippen molar-refractivity contribution in [3.63, 3.8) is 0 Å². The van der Waals surface area contributed by atoms with Gasteiger partial charge in [0.15, 0.2) is 6.61 Å². The molecule has 3 amide bonds. The Balaban J connectivity index is 1.41. The summed E-state index contributed by atoms with van der Waals surface area (Å²) in [7, 11) is 0. The van der Waals surface area contributed by atoms with Crippen molar-refractivity contribution in [3.05, 3.63) is 27.7 Å². The summed E-state index contributed by atoms with van der Waals surface area (Å²) in [6.45, 7) is 5.02. The van der Waals surface area contributed by atoms with E-state index < -0.39 is 12.1 Å². The summed E-state index contributed by atoms with van der Waals surface area (Å²) in [6.07, 6.45) is 1.57. The molecule has 1 aromatic rings. The number of nitrogens with one attached hydrogen (secondary N) is 2. The molecule has 0 aromatic heterocycles. The van der Waals surface area contributed by atoms with Crippen molar-refractivity contribution in [2.75, 3.05) is 19.7 Å². The van der Waals surface area contributed by atoms with E-state index in [2.05, 4.69) is 40.4 Å². The van der Waals surface area contributed by atoms with Gasteiger partial charge < -0.3 is 25.1 Å². The van der Waals surface area contributed by atoms with Crippen LogP contribution in [0.1, 0.15) is 26.7 Å². The van der Waals surface area contributed by atoms with E-state index in [9.17, 15) is 19.2 Å². The molecule has 2 aliphatic heterocycles. The fraction of sp³-hybridized carbons (Fsp3) is 0.565. The number of nitrogens with zero attached hydrogens (tertiary/aromatic N) is 1. The first-order valence-corrected chi connectivity index (χ1v) is 12.2. The quantitative estimate of drug-likeness (QED) is 0.492. The molecule has 10 heteroatoms. The molecular formula is C23H27BrClN3O5. The van der Waals surface area contributed by atoms with Crippen LogP contribution in [0.5, 0.6) is 5.75 Å². The van der Waals surface area contributed by atoms with E-state index in [-0.39, 0.29) is 53.9 Å². The lowest BCUT2D eigenvalue weighted by atomic mass is 9.97. The van der Waals surface area contributed by atoms with Crippen LogP contribution in [0.4, 0.5) is 0 Å². The van der Waals surface area contributed by atoms with Crippen molar-refractivity contribution < 1.29 is 23.9 Å². The molecule has 1 aromatic carbocycles. The van der Waals surface area contributed by atoms with Crippen LogP contribution >= 0.6 is 27.5 Å². The number of likely N-dealkylation sites (tertiary alicyclic amines) is 1. The third kappa shape index (κ3) is 4.75. The molecule has 0 unspecified atom stereocenters. The molecule has 178 valence electrons. The van der Waals surface area contributed by atoms with Crippen molar-refractivity contribution in [3.8, 4) is 5.75 Å². The number of piperidine rings is 1. The van der Waals surface area contributed by atoms with E-state index >= 15 is 0 Å². The third-order valence-electron chi connectivity index (χ3n) is 7.24. The third-order valence-corrected chi connectivity index (χ3v) is 8.46. The predicted molar refractivity (Wildman–Crippen MR) is 125 cm³/mol. The SMILES string of the molecule is CC1(C)[C@@H]2[C@H](C(=O)N[C@H](C=O)C[C@@H]3CCNC3=O)N(C(=O)COc3ccc(Cl)c(Br)c3)C[C@@H]21. The van der Waals surface area contributed by atoms with Gasteiger partial charge in [-0.3, -0.25) is 14.4 Å². The summed E-state index contributed by atoms with van der Waals surface area (Å²) >= 11 is 9.32. The van der Waals surface area contributed by atoms with Gasteiger partial charge in [-0.1, -0.05) is 25.4 Å². The van der Waals surface area contributed by atoms with E-state index in [1.165, 1.54) is 0 Å². The molecule has 2 heterocycles. The standard InChI is InChI=1S/C23H27BrClN3O5/c1-23(2)15-9-28(18(30)11-33-14-3-4-17(25)16(24)8-14)20(19(15)23)22(32)27-13(10-29)7-12-5-6-26-21(12)31/h3-4,8,10,12-13,15,19-20H,5-7,9,11H2,1-2H3,(H,26,31)(H,27,32)/t12-,13-,15-,19-,20+/m0/s1. The zero-order valence-electron chi connectivity index (χ0n) is 18.5. The van der Waals surface area contributed by atoms with Gasteiger partial charge in [-0.2, -0.15) is 0 Å². The summed E-state index contributed by atoms with van der Waals surface area (Å²) in [4.78, 5) is 51.3. The van der Waals surface area contributed by atoms with Gasteiger partial charge >= 0.3 is 0 Å². The van der Waals surface area contributed by atoms with Gasteiger partial charge in [0.05, 0.1) is 11.1 Å². The summed E-state index contributed by atoms with van der Waals surface area (Å²) in [6, 6.07) is 3.57. The molecule has 0 radical (unpaired) electrons. The first kappa shape index (κ1) is 24.0. The van der Waals surface area contributed by atoms with Gasteiger partial charge in [0.2, 0.25) is 11.8 Å². The lowest BCUT2D eigenvalue weighted by Gasteiger charge is -2.31. The van der Waals surface area contributed by atoms with E-state index in [4.69, 9.17) is 16.3 Å². The number of carbonyl (C=O) groups excluding carboxylic acids is 4. The highest BCUT2D eigenvalue weighted by Crippen LogP contribution is 2.64. The van der Waals surface area contributed by atoms with Gasteiger partial charge in [-0.05, 0) is 64.2 Å². The molecule has 4 rings (SSSR count). The lowest BCUT2D eigenvalue weighted by Crippen LogP contribution is -2.53. The summed E-state index contributed by atoms with van der Waals surface area (Å²) in [5, 5.41) is 6.06. The molecule has 1 saturated carbocycles. The maximum Gasteiger partial charge on any atom is 0.261 e. The molecule has 0 spiro atoms. The number of hydrogen-bond donors (Lipinski definition) is 2. The monoisotopic (exact) mass is 539 g/mol. The summed E-state index contributed by atoms with van der Waals surface area (Å²) < 4.78 is 6.30. The van der Waals surface area contributed by atoms with E-state index in [1.54, 1.807) is 23.1 Å². The lowest BCUT2D eigenvalue weighted by molar-refractivity contribution is -0.142. The van der Waals surface area contributed by atoms with Crippen molar-refractivity contribution >= 4 is 51.5 Å². The molecule has 3 fully saturated rings. The number of fused-ring (bicyclic) bond motifs is 1. The van der Waals surface area contributed by atoms with Crippen molar-refractivity contribution in [2.24, 2.45) is 23.2 Å². The number of benzene rings is 1. The average Bonchev–Trinajstić information content (AvgIpc) is 3.13. The van der Waals surface area contributed by atoms with E-state index in [1.807, 2.05) is 0 Å². The Morgan fingerprint density at radius 2 is 2.18 bits per heavy atom. The fourth-order valence-corrected chi connectivity index (χ4v) is 5.71. The Labute approximate surface area is 205 Å². The molecule has 33 heavy (non-hydrogen) atoms. The number of rotatable bonds is 8. The Hall–Kier alpha value is -2.13. The van der Waals surface area contributed by atoms with Crippen LogP contribution in [-0.2, 0) is 19.2 Å². The highest BCUT2D eigenvalue weighted by atomic mass is 79.9. The number of carbonyl (C=O) groups is 4. The second kappa shape index (κ2) is 9.25.